The molecule has 0 aromatic carbocycles. The molecular formula is C2H6N2O3. The van der Waals surface area contributed by atoms with Crippen LogP contribution in [0.3, 0.4) is 0 Å². The largest absolute Gasteiger partial charge is 0.328 e. The van der Waals surface area contributed by atoms with E-state index in [-0.39, 0.29) is 0 Å². The average Bonchev–Trinajstić information content (AvgIpc) is 2.02. The zero-order valence-electron chi connectivity index (χ0n) is 3.63. The van der Waals surface area contributed by atoms with E-state index in [2.05, 4.69) is 5.32 Å². The Morgan fingerprint density at radius 1 is 1.71 bits per heavy atom. The number of nitrogens with zero attached hydrogens (tertiary/aromatic N) is 1. The van der Waals surface area contributed by atoms with E-state index in [1.54, 1.807) is 0 Å². The molecule has 5 nitrogen and oxygen atoms in total. The quantitative estimate of drug-likeness (QED) is 0.241. The minimum Gasteiger partial charge on any atom is -0.328 e. The molecule has 0 bridgehead atoms. The molecule has 0 aliphatic carbocycles. The van der Waals surface area contributed by atoms with Gasteiger partial charge in [-0.05, 0) is 0 Å². The van der Waals surface area contributed by atoms with Crippen LogP contribution < -0.4 is 5.32 Å². The minimum atomic E-state index is -1.50. The van der Waals surface area contributed by atoms with Crippen molar-refractivity contribution in [2.24, 2.45) is 0 Å². The molecule has 0 aromatic heterocycles. The highest BCUT2D eigenvalue weighted by molar-refractivity contribution is 4.58. The van der Waals surface area contributed by atoms with Crippen LogP contribution in [0.4, 0.5) is 0 Å². The first-order valence-electron chi connectivity index (χ1n) is 1.77. The third-order valence-electron chi connectivity index (χ3n) is 0.250. The van der Waals surface area contributed by atoms with E-state index >= 15 is 0 Å². The zero-order valence-corrected chi connectivity index (χ0v) is 3.63. The summed E-state index contributed by atoms with van der Waals surface area (Å²) in [6.45, 7) is 2.50. The number of rotatable bonds is 0. The van der Waals surface area contributed by atoms with Gasteiger partial charge in [-0.3, -0.25) is 0 Å². The van der Waals surface area contributed by atoms with Crippen LogP contribution in [0.5, 0.6) is 0 Å². The molecule has 0 saturated carbocycles. The molecule has 0 aromatic rings. The van der Waals surface area contributed by atoms with Gasteiger partial charge in [0.2, 0.25) is 0 Å². The standard InChI is InChI=1S/C2H5N.HNO3/c1-2-3-1;2-1(3)4/h3H,1-2H2;(H,2,3,4). The van der Waals surface area contributed by atoms with Crippen molar-refractivity contribution < 1.29 is 10.3 Å². The average molecular weight is 106 g/mol. The minimum absolute atomic E-state index is 1.25. The van der Waals surface area contributed by atoms with E-state index in [9.17, 15) is 0 Å². The maximum absolute atomic E-state index is 8.36. The second-order valence-electron chi connectivity index (χ2n) is 0.988. The fourth-order valence-corrected chi connectivity index (χ4v) is 0. The lowest BCUT2D eigenvalue weighted by Gasteiger charge is -1.56. The highest BCUT2D eigenvalue weighted by Gasteiger charge is 1.91. The van der Waals surface area contributed by atoms with Gasteiger partial charge in [-0.2, -0.15) is 0 Å². The maximum Gasteiger partial charge on any atom is 0.291 e. The smallest absolute Gasteiger partial charge is 0.291 e. The van der Waals surface area contributed by atoms with Gasteiger partial charge in [0, 0.05) is 13.1 Å². The third-order valence-corrected chi connectivity index (χ3v) is 0.250. The van der Waals surface area contributed by atoms with Gasteiger partial charge in [-0.1, -0.05) is 0 Å². The van der Waals surface area contributed by atoms with Gasteiger partial charge in [-0.15, -0.1) is 10.1 Å². The predicted octanol–water partition coefficient (Wildman–Crippen LogP) is -0.758. The van der Waals surface area contributed by atoms with Crippen LogP contribution in [0.25, 0.3) is 0 Å². The molecular weight excluding hydrogens is 100 g/mol. The number of nitrogens with one attached hydrogen (secondary N) is 1. The summed E-state index contributed by atoms with van der Waals surface area (Å²) in [6.07, 6.45) is 0. The molecule has 1 aliphatic rings. The Labute approximate surface area is 40.1 Å². The van der Waals surface area contributed by atoms with E-state index in [0.29, 0.717) is 0 Å². The van der Waals surface area contributed by atoms with Gasteiger partial charge in [-0.25, -0.2) is 0 Å². The van der Waals surface area contributed by atoms with Gasteiger partial charge >= 0.3 is 0 Å². The molecule has 0 radical (unpaired) electrons. The van der Waals surface area contributed by atoms with Gasteiger partial charge in [0.05, 0.1) is 0 Å². The van der Waals surface area contributed by atoms with E-state index in [4.69, 9.17) is 15.3 Å². The fraction of sp³-hybridized carbons (Fsp3) is 1.00. The Bertz CT molecular complexity index is 55.2. The number of hydrogen-bond acceptors (Lipinski definition) is 3. The highest BCUT2D eigenvalue weighted by Crippen LogP contribution is 1.65. The Kier molecular flexibility index (Phi) is 2.95. The topological polar surface area (TPSA) is 85.3 Å². The van der Waals surface area contributed by atoms with Crippen molar-refractivity contribution in [3.63, 3.8) is 0 Å². The van der Waals surface area contributed by atoms with E-state index < -0.39 is 5.09 Å². The van der Waals surface area contributed by atoms with E-state index in [1.807, 2.05) is 0 Å². The van der Waals surface area contributed by atoms with Crippen molar-refractivity contribution in [2.75, 3.05) is 13.1 Å². The molecule has 1 fully saturated rings. The lowest BCUT2D eigenvalue weighted by Crippen LogP contribution is -1.81. The first kappa shape index (κ1) is 6.16. The van der Waals surface area contributed by atoms with Crippen LogP contribution in [0.1, 0.15) is 0 Å². The van der Waals surface area contributed by atoms with Gasteiger partial charge in [0.1, 0.15) is 0 Å². The maximum atomic E-state index is 8.36. The van der Waals surface area contributed by atoms with Crippen LogP contribution in [-0.2, 0) is 0 Å². The second kappa shape index (κ2) is 3.35. The fourth-order valence-electron chi connectivity index (χ4n) is 0. The van der Waals surface area contributed by atoms with E-state index in [0.717, 1.165) is 0 Å². The summed E-state index contributed by atoms with van der Waals surface area (Å²) < 4.78 is 0. The van der Waals surface area contributed by atoms with Crippen LogP contribution in [0.2, 0.25) is 0 Å². The van der Waals surface area contributed by atoms with Gasteiger partial charge < -0.3 is 10.5 Å². The molecule has 5 heteroatoms. The van der Waals surface area contributed by atoms with Crippen molar-refractivity contribution in [3.8, 4) is 0 Å². The predicted molar refractivity (Wildman–Crippen MR) is 21.7 cm³/mol. The third kappa shape index (κ3) is 2010. The lowest BCUT2D eigenvalue weighted by atomic mass is 11.0. The van der Waals surface area contributed by atoms with Crippen molar-refractivity contribution in [1.29, 1.82) is 0 Å². The highest BCUT2D eigenvalue weighted by atomic mass is 16.9. The van der Waals surface area contributed by atoms with Crippen molar-refractivity contribution >= 4 is 0 Å². The van der Waals surface area contributed by atoms with E-state index in [1.165, 1.54) is 13.1 Å². The molecule has 2 N–H and O–H groups in total. The molecule has 1 saturated heterocycles. The van der Waals surface area contributed by atoms with Crippen LogP contribution in [0, 0.1) is 10.1 Å². The van der Waals surface area contributed by atoms with Crippen molar-refractivity contribution in [2.45, 2.75) is 0 Å². The van der Waals surface area contributed by atoms with Crippen LogP contribution in [-0.4, -0.2) is 23.4 Å². The number of hydrogen-bond donors (Lipinski definition) is 2. The second-order valence-corrected chi connectivity index (χ2v) is 0.988. The molecule has 1 rings (SSSR count). The first-order chi connectivity index (χ1) is 3.23. The summed E-state index contributed by atoms with van der Waals surface area (Å²) in [4.78, 5) is 8.36. The molecule has 42 valence electrons. The molecule has 7 heavy (non-hydrogen) atoms. The summed E-state index contributed by atoms with van der Waals surface area (Å²) in [5.74, 6) is 0. The molecule has 0 unspecified atom stereocenters. The Morgan fingerprint density at radius 2 is 1.86 bits per heavy atom. The molecule has 0 spiro atoms. The normalized spacial score (nSPS) is 13.7. The lowest BCUT2D eigenvalue weighted by molar-refractivity contribution is -0.742. The van der Waals surface area contributed by atoms with Gasteiger partial charge in [0.25, 0.3) is 5.09 Å². The van der Waals surface area contributed by atoms with Crippen LogP contribution >= 0.6 is 0 Å². The molecule has 0 amide bonds. The van der Waals surface area contributed by atoms with Crippen molar-refractivity contribution in [3.05, 3.63) is 10.1 Å². The molecule has 1 aliphatic heterocycles. The summed E-state index contributed by atoms with van der Waals surface area (Å²) in [5.41, 5.74) is 0. The monoisotopic (exact) mass is 106 g/mol. The molecule has 0 atom stereocenters. The zero-order chi connectivity index (χ0) is 5.70. The van der Waals surface area contributed by atoms with Crippen molar-refractivity contribution in [1.82, 2.24) is 5.32 Å². The Morgan fingerprint density at radius 3 is 1.86 bits per heavy atom. The summed E-state index contributed by atoms with van der Waals surface area (Å²) in [5, 5.41) is 16.6. The van der Waals surface area contributed by atoms with Gasteiger partial charge in [0.15, 0.2) is 0 Å². The summed E-state index contributed by atoms with van der Waals surface area (Å²) in [7, 11) is 0. The SMILES string of the molecule is C1CN1.O=[N+]([O-])O. The van der Waals surface area contributed by atoms with Crippen LogP contribution in [0.15, 0.2) is 0 Å². The first-order valence-corrected chi connectivity index (χ1v) is 1.77. The summed E-state index contributed by atoms with van der Waals surface area (Å²) in [6, 6.07) is 0. The Balaban J connectivity index is 0.000000105. The summed E-state index contributed by atoms with van der Waals surface area (Å²) >= 11 is 0. The Hall–Kier alpha value is -0.840. The molecule has 1 heterocycles.